The molecule has 0 saturated heterocycles. The second-order valence-electron chi connectivity index (χ2n) is 5.49. The van der Waals surface area contributed by atoms with Crippen molar-refractivity contribution >= 4 is 33.3 Å². The minimum atomic E-state index is -4.12. The molecule has 0 heterocycles. The van der Waals surface area contributed by atoms with E-state index in [0.29, 0.717) is 11.3 Å². The molecule has 0 bridgehead atoms. The summed E-state index contributed by atoms with van der Waals surface area (Å²) in [5.74, 6) is 0.560. The van der Waals surface area contributed by atoms with Gasteiger partial charge in [0.05, 0.1) is 17.7 Å². The molecule has 0 saturated carbocycles. The molecule has 2 aromatic rings. The lowest BCUT2D eigenvalue weighted by Crippen LogP contribution is -2.15. The zero-order valence-electron chi connectivity index (χ0n) is 14.7. The summed E-state index contributed by atoms with van der Waals surface area (Å²) >= 11 is 0. The van der Waals surface area contributed by atoms with Crippen LogP contribution in [0.2, 0.25) is 0 Å². The maximum absolute atomic E-state index is 12.8. The minimum Gasteiger partial charge on any atom is -0.497 e. The number of allylic oxidation sites excluding steroid dienone is 1. The maximum Gasteiger partial charge on any atom is 0.270 e. The zero-order chi connectivity index (χ0) is 20.0. The number of hydrazone groups is 1. The van der Waals surface area contributed by atoms with E-state index in [-0.39, 0.29) is 22.0 Å². The van der Waals surface area contributed by atoms with Gasteiger partial charge in [0.25, 0.3) is 15.7 Å². The van der Waals surface area contributed by atoms with E-state index in [2.05, 4.69) is 21.8 Å². The molecule has 0 aliphatic rings. The van der Waals surface area contributed by atoms with Crippen LogP contribution in [0.3, 0.4) is 0 Å². The monoisotopic (exact) mass is 390 g/mol. The Morgan fingerprint density at radius 2 is 1.93 bits per heavy atom. The molecule has 0 aromatic heterocycles. The highest BCUT2D eigenvalue weighted by molar-refractivity contribution is 7.92. The molecule has 2 N–H and O–H groups in total. The van der Waals surface area contributed by atoms with Gasteiger partial charge in [0.2, 0.25) is 0 Å². The average Bonchev–Trinajstić information content (AvgIpc) is 2.61. The van der Waals surface area contributed by atoms with Crippen LogP contribution in [0.1, 0.15) is 6.92 Å². The molecular weight excluding hydrogens is 372 g/mol. The van der Waals surface area contributed by atoms with Crippen molar-refractivity contribution in [2.24, 2.45) is 5.10 Å². The maximum atomic E-state index is 12.8. The first-order valence-electron chi connectivity index (χ1n) is 7.63. The number of nitro groups is 1. The molecule has 0 amide bonds. The van der Waals surface area contributed by atoms with Crippen molar-refractivity contribution in [1.29, 1.82) is 0 Å². The first-order chi connectivity index (χ1) is 12.7. The number of nitrogens with zero attached hydrogens (tertiary/aromatic N) is 2. The van der Waals surface area contributed by atoms with Gasteiger partial charge in [0, 0.05) is 24.0 Å². The topological polar surface area (TPSA) is 123 Å². The van der Waals surface area contributed by atoms with E-state index in [4.69, 9.17) is 4.74 Å². The highest BCUT2D eigenvalue weighted by atomic mass is 32.2. The van der Waals surface area contributed by atoms with E-state index < -0.39 is 14.9 Å². The van der Waals surface area contributed by atoms with E-state index >= 15 is 0 Å². The number of sulfonamides is 1. The number of anilines is 2. The van der Waals surface area contributed by atoms with Crippen molar-refractivity contribution in [3.8, 4) is 5.75 Å². The van der Waals surface area contributed by atoms with Gasteiger partial charge in [-0.3, -0.25) is 20.3 Å². The first kappa shape index (κ1) is 19.9. The van der Waals surface area contributed by atoms with E-state index in [1.807, 2.05) is 0 Å². The Bertz CT molecular complexity index is 985. The summed E-state index contributed by atoms with van der Waals surface area (Å²) in [5.41, 5.74) is 3.21. The van der Waals surface area contributed by atoms with E-state index in [9.17, 15) is 18.5 Å². The molecule has 0 radical (unpaired) electrons. The van der Waals surface area contributed by atoms with Gasteiger partial charge in [0.15, 0.2) is 0 Å². The molecule has 2 rings (SSSR count). The lowest BCUT2D eigenvalue weighted by Gasteiger charge is -2.12. The molecule has 0 unspecified atom stereocenters. The molecule has 9 nitrogen and oxygen atoms in total. The second kappa shape index (κ2) is 8.32. The van der Waals surface area contributed by atoms with Gasteiger partial charge in [-0.05, 0) is 42.8 Å². The Morgan fingerprint density at radius 3 is 2.48 bits per heavy atom. The summed E-state index contributed by atoms with van der Waals surface area (Å²) in [6.07, 6.45) is 1.40. The standard InChI is InChI=1S/C17H18N4O5S/c1-12(2)11-18-19-16-9-6-14(21(22)23)10-17(16)27(24,25)20-13-4-7-15(26-3)8-5-13/h4-11,19-20H,1H2,2-3H3/b18-11+. The quantitative estimate of drug-likeness (QED) is 0.405. The Kier molecular flexibility index (Phi) is 6.14. The summed E-state index contributed by atoms with van der Waals surface area (Å²) in [4.78, 5) is 10.1. The van der Waals surface area contributed by atoms with Crippen LogP contribution >= 0.6 is 0 Å². The Hall–Kier alpha value is -3.40. The van der Waals surface area contributed by atoms with Gasteiger partial charge in [-0.2, -0.15) is 5.10 Å². The molecule has 0 aliphatic carbocycles. The predicted octanol–water partition coefficient (Wildman–Crippen LogP) is 3.38. The Morgan fingerprint density at radius 1 is 1.26 bits per heavy atom. The van der Waals surface area contributed by atoms with Crippen LogP contribution in [0.5, 0.6) is 5.75 Å². The molecular formula is C17H18N4O5S. The second-order valence-corrected chi connectivity index (χ2v) is 7.14. The van der Waals surface area contributed by atoms with Crippen LogP contribution in [0, 0.1) is 10.1 Å². The first-order valence-corrected chi connectivity index (χ1v) is 9.11. The number of ether oxygens (including phenoxy) is 1. The highest BCUT2D eigenvalue weighted by Crippen LogP contribution is 2.28. The van der Waals surface area contributed by atoms with Crippen LogP contribution < -0.4 is 14.9 Å². The van der Waals surface area contributed by atoms with Crippen LogP contribution in [-0.4, -0.2) is 26.7 Å². The van der Waals surface area contributed by atoms with Crippen LogP contribution in [0.15, 0.2) is 64.6 Å². The highest BCUT2D eigenvalue weighted by Gasteiger charge is 2.22. The summed E-state index contributed by atoms with van der Waals surface area (Å²) in [5, 5.41) is 14.9. The normalized spacial score (nSPS) is 11.2. The van der Waals surface area contributed by atoms with Gasteiger partial charge in [-0.25, -0.2) is 8.42 Å². The third kappa shape index (κ3) is 5.28. The van der Waals surface area contributed by atoms with Gasteiger partial charge in [-0.1, -0.05) is 6.58 Å². The fourth-order valence-corrected chi connectivity index (χ4v) is 3.26. The molecule has 0 fully saturated rings. The molecule has 2 aromatic carbocycles. The number of hydrogen-bond donors (Lipinski definition) is 2. The predicted molar refractivity (Wildman–Crippen MR) is 104 cm³/mol. The molecule has 0 aliphatic heterocycles. The molecule has 27 heavy (non-hydrogen) atoms. The summed E-state index contributed by atoms with van der Waals surface area (Å²) in [7, 11) is -2.63. The van der Waals surface area contributed by atoms with E-state index in [1.165, 1.54) is 37.6 Å². The van der Waals surface area contributed by atoms with Gasteiger partial charge >= 0.3 is 0 Å². The number of rotatable bonds is 8. The van der Waals surface area contributed by atoms with Crippen molar-refractivity contribution in [3.05, 3.63) is 64.7 Å². The van der Waals surface area contributed by atoms with Crippen molar-refractivity contribution in [2.75, 3.05) is 17.3 Å². The third-order valence-corrected chi connectivity index (χ3v) is 4.70. The van der Waals surface area contributed by atoms with Crippen molar-refractivity contribution in [3.63, 3.8) is 0 Å². The van der Waals surface area contributed by atoms with E-state index in [1.54, 1.807) is 19.1 Å². The van der Waals surface area contributed by atoms with Gasteiger partial charge in [0.1, 0.15) is 10.6 Å². The summed E-state index contributed by atoms with van der Waals surface area (Å²) < 4.78 is 32.9. The van der Waals surface area contributed by atoms with Gasteiger partial charge < -0.3 is 4.74 Å². The van der Waals surface area contributed by atoms with E-state index in [0.717, 1.165) is 6.07 Å². The zero-order valence-corrected chi connectivity index (χ0v) is 15.5. The van der Waals surface area contributed by atoms with Gasteiger partial charge in [-0.15, -0.1) is 0 Å². The van der Waals surface area contributed by atoms with Crippen LogP contribution in [-0.2, 0) is 10.0 Å². The fraction of sp³-hybridized carbons (Fsp3) is 0.118. The molecule has 0 spiro atoms. The number of non-ortho nitro benzene ring substituents is 1. The number of nitrogens with one attached hydrogen (secondary N) is 2. The molecule has 0 atom stereocenters. The van der Waals surface area contributed by atoms with Crippen LogP contribution in [0.4, 0.5) is 17.1 Å². The van der Waals surface area contributed by atoms with Crippen molar-refractivity contribution < 1.29 is 18.1 Å². The minimum absolute atomic E-state index is 0.0825. The number of methoxy groups -OCH3 is 1. The Balaban J connectivity index is 2.42. The lowest BCUT2D eigenvalue weighted by molar-refractivity contribution is -0.385. The van der Waals surface area contributed by atoms with Crippen molar-refractivity contribution in [2.45, 2.75) is 11.8 Å². The largest absolute Gasteiger partial charge is 0.497 e. The van der Waals surface area contributed by atoms with Crippen LogP contribution in [0.25, 0.3) is 0 Å². The lowest BCUT2D eigenvalue weighted by atomic mass is 10.3. The molecule has 10 heteroatoms. The smallest absolute Gasteiger partial charge is 0.270 e. The summed E-state index contributed by atoms with van der Waals surface area (Å²) in [6.45, 7) is 5.36. The number of hydrogen-bond acceptors (Lipinski definition) is 7. The SMILES string of the molecule is C=C(C)/C=N/Nc1ccc([N+](=O)[O-])cc1S(=O)(=O)Nc1ccc(OC)cc1. The number of benzene rings is 2. The molecule has 142 valence electrons. The fourth-order valence-electron chi connectivity index (χ4n) is 2.02. The summed E-state index contributed by atoms with van der Waals surface area (Å²) in [6, 6.07) is 9.62. The van der Waals surface area contributed by atoms with Crippen molar-refractivity contribution in [1.82, 2.24) is 0 Å². The Labute approximate surface area is 156 Å². The number of nitro benzene ring substituents is 1. The third-order valence-electron chi connectivity index (χ3n) is 3.28. The average molecular weight is 390 g/mol.